The molecule has 1 atom stereocenters. The molecule has 0 radical (unpaired) electrons. The summed E-state index contributed by atoms with van der Waals surface area (Å²) in [5.41, 5.74) is 4.72. The maximum Gasteiger partial charge on any atom is 0.105 e. The molecule has 16 heavy (non-hydrogen) atoms. The van der Waals surface area contributed by atoms with Crippen LogP contribution in [0.5, 0.6) is 0 Å². The minimum absolute atomic E-state index is 0.288. The number of hydrogen-bond donors (Lipinski definition) is 1. The average Bonchev–Trinajstić information content (AvgIpc) is 2.59. The Balaban J connectivity index is 1.96. The van der Waals surface area contributed by atoms with Crippen LogP contribution in [0.1, 0.15) is 30.0 Å². The molecule has 1 aliphatic rings. The number of hydrogen-bond acceptors (Lipinski definition) is 4. The third kappa shape index (κ3) is 2.64. The Labute approximate surface area is 96.5 Å². The highest BCUT2D eigenvalue weighted by atomic mass is 16.5. The summed E-state index contributed by atoms with van der Waals surface area (Å²) >= 11 is 0. The first-order valence-electron chi connectivity index (χ1n) is 5.82. The van der Waals surface area contributed by atoms with Crippen LogP contribution < -0.4 is 5.43 Å². The number of aryl methyl sites for hydroxylation is 2. The van der Waals surface area contributed by atoms with Crippen LogP contribution in [0.3, 0.4) is 0 Å². The van der Waals surface area contributed by atoms with Crippen molar-refractivity contribution in [2.24, 2.45) is 0 Å². The molecule has 90 valence electrons. The van der Waals surface area contributed by atoms with E-state index in [1.807, 2.05) is 13.8 Å². The first-order valence-corrected chi connectivity index (χ1v) is 5.82. The quantitative estimate of drug-likeness (QED) is 0.849. The van der Waals surface area contributed by atoms with Gasteiger partial charge in [-0.05, 0) is 26.8 Å². The zero-order valence-corrected chi connectivity index (χ0v) is 10.2. The maximum atomic E-state index is 5.54. The first kappa shape index (κ1) is 11.6. The van der Waals surface area contributed by atoms with Gasteiger partial charge in [0.25, 0.3) is 0 Å². The molecule has 2 heterocycles. The van der Waals surface area contributed by atoms with Gasteiger partial charge in [-0.3, -0.25) is 0 Å². The van der Waals surface area contributed by atoms with E-state index in [1.165, 1.54) is 5.56 Å². The van der Waals surface area contributed by atoms with Crippen molar-refractivity contribution in [3.63, 3.8) is 0 Å². The van der Waals surface area contributed by atoms with E-state index in [4.69, 9.17) is 9.15 Å². The van der Waals surface area contributed by atoms with E-state index in [2.05, 4.69) is 23.4 Å². The van der Waals surface area contributed by atoms with Gasteiger partial charge < -0.3 is 9.15 Å². The van der Waals surface area contributed by atoms with Crippen molar-refractivity contribution in [3.05, 3.63) is 23.2 Å². The van der Waals surface area contributed by atoms with E-state index in [9.17, 15) is 0 Å². The minimum Gasteiger partial charge on any atom is -0.466 e. The fraction of sp³-hybridized carbons (Fsp3) is 0.667. The molecule has 4 nitrogen and oxygen atoms in total. The van der Waals surface area contributed by atoms with Crippen molar-refractivity contribution in [1.82, 2.24) is 10.4 Å². The van der Waals surface area contributed by atoms with Crippen molar-refractivity contribution in [1.29, 1.82) is 0 Å². The number of furan rings is 1. The van der Waals surface area contributed by atoms with Gasteiger partial charge >= 0.3 is 0 Å². The minimum atomic E-state index is 0.288. The Hall–Kier alpha value is -0.840. The normalized spacial score (nSPS) is 19.9. The van der Waals surface area contributed by atoms with Gasteiger partial charge in [0.05, 0.1) is 13.2 Å². The summed E-state index contributed by atoms with van der Waals surface area (Å²) < 4.78 is 10.9. The van der Waals surface area contributed by atoms with Crippen molar-refractivity contribution in [3.8, 4) is 0 Å². The Morgan fingerprint density at radius 2 is 2.00 bits per heavy atom. The number of rotatable bonds is 3. The molecule has 1 N–H and O–H groups in total. The molecule has 0 aromatic carbocycles. The van der Waals surface area contributed by atoms with Gasteiger partial charge in [0, 0.05) is 24.7 Å². The Bertz CT molecular complexity index is 343. The van der Waals surface area contributed by atoms with Crippen LogP contribution in [-0.4, -0.2) is 31.3 Å². The third-order valence-corrected chi connectivity index (χ3v) is 2.93. The number of morpholine rings is 1. The second-order valence-corrected chi connectivity index (χ2v) is 4.32. The molecule has 1 saturated heterocycles. The third-order valence-electron chi connectivity index (χ3n) is 2.93. The van der Waals surface area contributed by atoms with Crippen LogP contribution in [0.25, 0.3) is 0 Å². The van der Waals surface area contributed by atoms with E-state index in [1.54, 1.807) is 0 Å². The Morgan fingerprint density at radius 1 is 1.31 bits per heavy atom. The van der Waals surface area contributed by atoms with Crippen LogP contribution in [0.15, 0.2) is 10.5 Å². The van der Waals surface area contributed by atoms with Crippen LogP contribution in [0, 0.1) is 13.8 Å². The highest BCUT2D eigenvalue weighted by molar-refractivity contribution is 5.23. The summed E-state index contributed by atoms with van der Waals surface area (Å²) in [5.74, 6) is 1.98. The Kier molecular flexibility index (Phi) is 3.63. The van der Waals surface area contributed by atoms with E-state index < -0.39 is 0 Å². The van der Waals surface area contributed by atoms with Crippen molar-refractivity contribution in [2.45, 2.75) is 26.8 Å². The number of nitrogens with one attached hydrogen (secondary N) is 1. The van der Waals surface area contributed by atoms with Crippen LogP contribution in [0.2, 0.25) is 0 Å². The van der Waals surface area contributed by atoms with E-state index in [0.717, 1.165) is 37.8 Å². The largest absolute Gasteiger partial charge is 0.466 e. The molecule has 0 saturated carbocycles. The molecule has 0 amide bonds. The molecule has 1 aromatic heterocycles. The molecule has 1 aromatic rings. The lowest BCUT2D eigenvalue weighted by molar-refractivity contribution is 0.00475. The summed E-state index contributed by atoms with van der Waals surface area (Å²) in [4.78, 5) is 0. The average molecular weight is 224 g/mol. The SMILES string of the molecule is Cc1cc(C(C)NN2CCOCC2)c(C)o1. The fourth-order valence-corrected chi connectivity index (χ4v) is 2.12. The summed E-state index contributed by atoms with van der Waals surface area (Å²) in [5, 5.41) is 2.22. The lowest BCUT2D eigenvalue weighted by Gasteiger charge is -2.30. The van der Waals surface area contributed by atoms with Crippen LogP contribution >= 0.6 is 0 Å². The molecule has 4 heteroatoms. The summed E-state index contributed by atoms with van der Waals surface area (Å²) in [6.07, 6.45) is 0. The van der Waals surface area contributed by atoms with Crippen molar-refractivity contribution < 1.29 is 9.15 Å². The molecular weight excluding hydrogens is 204 g/mol. The van der Waals surface area contributed by atoms with Crippen LogP contribution in [0.4, 0.5) is 0 Å². The lowest BCUT2D eigenvalue weighted by atomic mass is 10.1. The van der Waals surface area contributed by atoms with E-state index in [-0.39, 0.29) is 6.04 Å². The summed E-state index contributed by atoms with van der Waals surface area (Å²) in [6.45, 7) is 9.66. The molecule has 1 aliphatic heterocycles. The zero-order valence-electron chi connectivity index (χ0n) is 10.2. The second-order valence-electron chi connectivity index (χ2n) is 4.32. The van der Waals surface area contributed by atoms with Gasteiger partial charge in [0.15, 0.2) is 0 Å². The predicted molar refractivity (Wildman–Crippen MR) is 62.1 cm³/mol. The van der Waals surface area contributed by atoms with Crippen molar-refractivity contribution in [2.75, 3.05) is 26.3 Å². The molecular formula is C12H20N2O2. The Morgan fingerprint density at radius 3 is 2.56 bits per heavy atom. The monoisotopic (exact) mass is 224 g/mol. The predicted octanol–water partition coefficient (Wildman–Crippen LogP) is 1.79. The van der Waals surface area contributed by atoms with E-state index in [0.29, 0.717) is 0 Å². The van der Waals surface area contributed by atoms with Gasteiger partial charge in [-0.15, -0.1) is 0 Å². The number of nitrogens with zero attached hydrogens (tertiary/aromatic N) is 1. The topological polar surface area (TPSA) is 37.6 Å². The van der Waals surface area contributed by atoms with E-state index >= 15 is 0 Å². The highest BCUT2D eigenvalue weighted by Crippen LogP contribution is 2.21. The highest BCUT2D eigenvalue weighted by Gasteiger charge is 2.17. The maximum absolute atomic E-state index is 5.54. The smallest absolute Gasteiger partial charge is 0.105 e. The number of ether oxygens (including phenoxy) is 1. The zero-order chi connectivity index (χ0) is 11.5. The molecule has 0 aliphatic carbocycles. The van der Waals surface area contributed by atoms with Gasteiger partial charge in [-0.2, -0.15) is 0 Å². The second kappa shape index (κ2) is 4.99. The standard InChI is InChI=1S/C12H20N2O2/c1-9-8-12(11(3)16-9)10(2)13-14-4-6-15-7-5-14/h8,10,13H,4-7H2,1-3H3. The lowest BCUT2D eigenvalue weighted by Crippen LogP contribution is -2.46. The molecule has 2 rings (SSSR count). The first-order chi connectivity index (χ1) is 7.66. The van der Waals surface area contributed by atoms with Gasteiger partial charge in [0.1, 0.15) is 11.5 Å². The molecule has 1 unspecified atom stereocenters. The summed E-state index contributed by atoms with van der Waals surface area (Å²) in [7, 11) is 0. The fourth-order valence-electron chi connectivity index (χ4n) is 2.12. The number of hydrazine groups is 1. The molecule has 1 fully saturated rings. The van der Waals surface area contributed by atoms with Gasteiger partial charge in [-0.25, -0.2) is 10.4 Å². The summed E-state index contributed by atoms with van der Waals surface area (Å²) in [6, 6.07) is 2.39. The van der Waals surface area contributed by atoms with Gasteiger partial charge in [0.2, 0.25) is 0 Å². The molecule has 0 bridgehead atoms. The van der Waals surface area contributed by atoms with Crippen LogP contribution in [-0.2, 0) is 4.74 Å². The van der Waals surface area contributed by atoms with Crippen molar-refractivity contribution >= 4 is 0 Å². The van der Waals surface area contributed by atoms with Gasteiger partial charge in [-0.1, -0.05) is 0 Å². The molecule has 0 spiro atoms.